The maximum Gasteiger partial charge on any atom is 0.341 e. The molecular weight excluding hydrogens is 472 g/mol. The monoisotopic (exact) mass is 480 g/mol. The number of carbonyl (C=O) groups excluding carboxylic acids is 1. The van der Waals surface area contributed by atoms with E-state index < -0.39 is 92.0 Å². The molecule has 2 aromatic rings. The number of carbonyl (C=O) groups is 1. The van der Waals surface area contributed by atoms with E-state index in [-0.39, 0.29) is 6.07 Å². The fourth-order valence-electron chi connectivity index (χ4n) is 2.13. The normalized spacial score (nSPS) is 11.5. The van der Waals surface area contributed by atoms with Gasteiger partial charge in [-0.2, -0.15) is 12.8 Å². The van der Waals surface area contributed by atoms with Crippen LogP contribution in [-0.4, -0.2) is 34.7 Å². The van der Waals surface area contributed by atoms with E-state index in [0.717, 1.165) is 7.11 Å². The first-order chi connectivity index (χ1) is 14.3. The average Bonchev–Trinajstić information content (AvgIpc) is 2.71. The summed E-state index contributed by atoms with van der Waals surface area (Å²) < 4.78 is 143. The second-order valence-electron chi connectivity index (χ2n) is 5.38. The molecule has 6 nitrogen and oxygen atoms in total. The molecule has 0 bridgehead atoms. The molecule has 2 rings (SSSR count). The van der Waals surface area contributed by atoms with E-state index >= 15 is 0 Å². The van der Waals surface area contributed by atoms with Crippen molar-refractivity contribution in [3.05, 3.63) is 58.2 Å². The van der Waals surface area contributed by atoms with Gasteiger partial charge in [0.05, 0.1) is 7.11 Å². The predicted molar refractivity (Wildman–Crippen MR) is 82.5 cm³/mol. The zero-order chi connectivity index (χ0) is 23.7. The van der Waals surface area contributed by atoms with Gasteiger partial charge in [-0.15, -0.1) is 0 Å². The Hall–Kier alpha value is -2.94. The molecule has 170 valence electrons. The van der Waals surface area contributed by atoms with E-state index in [2.05, 4.69) is 13.7 Å². The molecule has 0 fully saturated rings. The molecule has 0 saturated carbocycles. The topological polar surface area (TPSA) is 78.9 Å². The van der Waals surface area contributed by atoms with Crippen molar-refractivity contribution in [3.63, 3.8) is 0 Å². The highest BCUT2D eigenvalue weighted by Gasteiger charge is 2.34. The van der Waals surface area contributed by atoms with Gasteiger partial charge in [0, 0.05) is 0 Å². The average molecular weight is 480 g/mol. The van der Waals surface area contributed by atoms with E-state index in [9.17, 15) is 48.3 Å². The first kappa shape index (κ1) is 24.3. The van der Waals surface area contributed by atoms with Gasteiger partial charge in [0.2, 0.25) is 11.6 Å². The van der Waals surface area contributed by atoms with Crippen LogP contribution in [-0.2, 0) is 19.0 Å². The molecule has 0 N–H and O–H groups in total. The van der Waals surface area contributed by atoms with Crippen LogP contribution in [0.1, 0.15) is 10.4 Å². The van der Waals surface area contributed by atoms with Gasteiger partial charge >= 0.3 is 16.1 Å². The molecule has 0 saturated heterocycles. The van der Waals surface area contributed by atoms with E-state index in [4.69, 9.17) is 0 Å². The number of methoxy groups -OCH3 is 1. The van der Waals surface area contributed by atoms with Gasteiger partial charge in [0.25, 0.3) is 0 Å². The lowest BCUT2D eigenvalue weighted by Crippen LogP contribution is -2.19. The van der Waals surface area contributed by atoms with Gasteiger partial charge in [-0.3, -0.25) is 4.18 Å². The lowest BCUT2D eigenvalue weighted by Gasteiger charge is -2.11. The molecule has 2 aromatic carbocycles. The van der Waals surface area contributed by atoms with E-state index in [1.165, 1.54) is 0 Å². The molecule has 0 aliphatic rings. The first-order valence-electron chi connectivity index (χ1n) is 7.64. The molecule has 0 atom stereocenters. The maximum atomic E-state index is 13.9. The Morgan fingerprint density at radius 1 is 0.806 bits per heavy atom. The van der Waals surface area contributed by atoms with Crippen LogP contribution in [0.15, 0.2) is 11.0 Å². The lowest BCUT2D eigenvalue weighted by atomic mass is 10.2. The van der Waals surface area contributed by atoms with Crippen LogP contribution in [0.25, 0.3) is 0 Å². The highest BCUT2D eigenvalue weighted by atomic mass is 32.2. The van der Waals surface area contributed by atoms with Gasteiger partial charge < -0.3 is 9.47 Å². The molecular formula is C16H8F8O6S. The van der Waals surface area contributed by atoms with Crippen molar-refractivity contribution in [1.29, 1.82) is 0 Å². The van der Waals surface area contributed by atoms with Crippen LogP contribution in [0.4, 0.5) is 35.1 Å². The van der Waals surface area contributed by atoms with Crippen molar-refractivity contribution >= 4 is 16.1 Å². The summed E-state index contributed by atoms with van der Waals surface area (Å²) in [5.41, 5.74) is -1.15. The van der Waals surface area contributed by atoms with Crippen molar-refractivity contribution in [2.75, 3.05) is 20.3 Å². The molecule has 0 unspecified atom stereocenters. The number of esters is 1. The number of hydrogen-bond donors (Lipinski definition) is 0. The van der Waals surface area contributed by atoms with Crippen molar-refractivity contribution in [2.45, 2.75) is 4.90 Å². The minimum atomic E-state index is -5.57. The third kappa shape index (κ3) is 4.56. The third-order valence-corrected chi connectivity index (χ3v) is 4.85. The minimum Gasteiger partial charge on any atom is -0.491 e. The van der Waals surface area contributed by atoms with Crippen molar-refractivity contribution in [1.82, 2.24) is 0 Å². The fourth-order valence-corrected chi connectivity index (χ4v) is 3.15. The summed E-state index contributed by atoms with van der Waals surface area (Å²) in [6, 6.07) is 0.113. The smallest absolute Gasteiger partial charge is 0.341 e. The van der Waals surface area contributed by atoms with Gasteiger partial charge in [-0.05, 0) is 6.07 Å². The van der Waals surface area contributed by atoms with E-state index in [1.807, 2.05) is 0 Å². The van der Waals surface area contributed by atoms with Crippen LogP contribution < -0.4 is 4.74 Å². The second kappa shape index (κ2) is 9.05. The Balaban J connectivity index is 2.14. The van der Waals surface area contributed by atoms with Gasteiger partial charge in [0.1, 0.15) is 18.8 Å². The fraction of sp³-hybridized carbons (Fsp3) is 0.188. The summed E-state index contributed by atoms with van der Waals surface area (Å²) in [5, 5.41) is 0. The molecule has 0 heterocycles. The zero-order valence-electron chi connectivity index (χ0n) is 14.9. The summed E-state index contributed by atoms with van der Waals surface area (Å²) in [6.45, 7) is -2.30. The summed E-state index contributed by atoms with van der Waals surface area (Å²) in [5.74, 6) is -21.1. The van der Waals surface area contributed by atoms with Gasteiger partial charge in [-0.25, -0.2) is 35.5 Å². The predicted octanol–water partition coefficient (Wildman–Crippen LogP) is 3.37. The van der Waals surface area contributed by atoms with Crippen LogP contribution in [0, 0.1) is 46.5 Å². The molecule has 0 radical (unpaired) electrons. The summed E-state index contributed by atoms with van der Waals surface area (Å²) in [7, 11) is -4.80. The number of benzene rings is 2. The Labute approximate surface area is 168 Å². The van der Waals surface area contributed by atoms with Crippen LogP contribution in [0.2, 0.25) is 0 Å². The number of hydrogen-bond acceptors (Lipinski definition) is 6. The number of rotatable bonds is 7. The molecule has 0 spiro atoms. The maximum absolute atomic E-state index is 13.9. The Morgan fingerprint density at radius 3 is 1.84 bits per heavy atom. The highest BCUT2D eigenvalue weighted by molar-refractivity contribution is 7.86. The Kier molecular flexibility index (Phi) is 7.10. The van der Waals surface area contributed by atoms with Crippen molar-refractivity contribution < 1.29 is 62.0 Å². The zero-order valence-corrected chi connectivity index (χ0v) is 15.7. The first-order valence-corrected chi connectivity index (χ1v) is 9.05. The third-order valence-electron chi connectivity index (χ3n) is 3.51. The van der Waals surface area contributed by atoms with Gasteiger partial charge in [-0.1, -0.05) is 0 Å². The van der Waals surface area contributed by atoms with Gasteiger partial charge in [0.15, 0.2) is 45.5 Å². The van der Waals surface area contributed by atoms with Crippen LogP contribution in [0.3, 0.4) is 0 Å². The van der Waals surface area contributed by atoms with E-state index in [1.54, 1.807) is 0 Å². The molecule has 15 heteroatoms. The summed E-state index contributed by atoms with van der Waals surface area (Å²) >= 11 is 0. The molecule has 31 heavy (non-hydrogen) atoms. The Bertz CT molecular complexity index is 1120. The SMILES string of the molecule is COc1c(F)c(F)cc(C(=O)OCCOS(=O)(=O)c2c(F)c(F)c(F)c(F)c2F)c1F. The molecule has 0 aliphatic carbocycles. The van der Waals surface area contributed by atoms with Crippen LogP contribution in [0.5, 0.6) is 5.75 Å². The molecule has 0 aromatic heterocycles. The minimum absolute atomic E-state index is 0.113. The second-order valence-corrected chi connectivity index (χ2v) is 6.93. The lowest BCUT2D eigenvalue weighted by molar-refractivity contribution is 0.0445. The Morgan fingerprint density at radius 2 is 1.32 bits per heavy atom. The summed E-state index contributed by atoms with van der Waals surface area (Å²) in [6.07, 6.45) is 0. The molecule has 0 aliphatic heterocycles. The summed E-state index contributed by atoms with van der Waals surface area (Å²) in [4.78, 5) is 9.47. The molecule has 0 amide bonds. The standard InChI is InChI=1S/C16H8F8O6S/c1-28-14-7(18)5(4-6(17)8(14)19)16(25)29-2-3-30-31(26,27)15-12(23)10(21)9(20)11(22)13(15)24/h4H,2-3H2,1H3. The highest BCUT2D eigenvalue weighted by Crippen LogP contribution is 2.29. The van der Waals surface area contributed by atoms with Crippen molar-refractivity contribution in [3.8, 4) is 5.75 Å². The largest absolute Gasteiger partial charge is 0.491 e. The number of halogens is 8. The number of ether oxygens (including phenoxy) is 2. The quantitative estimate of drug-likeness (QED) is 0.151. The van der Waals surface area contributed by atoms with E-state index in [0.29, 0.717) is 0 Å². The van der Waals surface area contributed by atoms with Crippen LogP contribution >= 0.6 is 0 Å². The van der Waals surface area contributed by atoms with Crippen molar-refractivity contribution in [2.24, 2.45) is 0 Å².